The van der Waals surface area contributed by atoms with Crippen molar-refractivity contribution in [1.29, 1.82) is 0 Å². The van der Waals surface area contributed by atoms with Crippen molar-refractivity contribution in [1.82, 2.24) is 0 Å². The summed E-state index contributed by atoms with van der Waals surface area (Å²) >= 11 is 6.82. The van der Waals surface area contributed by atoms with Crippen LogP contribution < -0.4 is 0 Å². The van der Waals surface area contributed by atoms with Crippen molar-refractivity contribution < 1.29 is 4.79 Å². The Morgan fingerprint density at radius 3 is 2.25 bits per heavy atom. The van der Waals surface area contributed by atoms with Crippen LogP contribution >= 0.6 is 31.9 Å². The summed E-state index contributed by atoms with van der Waals surface area (Å²) in [7, 11) is 0. The summed E-state index contributed by atoms with van der Waals surface area (Å²) in [6, 6.07) is 4.01. The highest BCUT2D eigenvalue weighted by Gasteiger charge is 2.04. The van der Waals surface area contributed by atoms with Gasteiger partial charge in [-0.25, -0.2) is 0 Å². The second kappa shape index (κ2) is 4.19. The number of aldehydes is 1. The minimum atomic E-state index is 0.446. The molecular formula is C9H8Br2O. The van der Waals surface area contributed by atoms with Gasteiger partial charge in [-0.05, 0) is 30.2 Å². The number of carbonyl (C=O) groups is 1. The van der Waals surface area contributed by atoms with Gasteiger partial charge >= 0.3 is 0 Å². The van der Waals surface area contributed by atoms with Crippen molar-refractivity contribution in [2.24, 2.45) is 0 Å². The smallest absolute Gasteiger partial charge is 0.124 e. The number of rotatable bonds is 2. The Balaban J connectivity index is 3.18. The van der Waals surface area contributed by atoms with E-state index in [0.717, 1.165) is 20.8 Å². The molecule has 64 valence electrons. The Kier molecular flexibility index (Phi) is 3.47. The molecule has 0 unspecified atom stereocenters. The predicted octanol–water partition coefficient (Wildman–Crippen LogP) is 3.26. The summed E-state index contributed by atoms with van der Waals surface area (Å²) in [5.74, 6) is 0. The fraction of sp³-hybridized carbons (Fsp3) is 0.222. The lowest BCUT2D eigenvalue weighted by atomic mass is 10.1. The van der Waals surface area contributed by atoms with E-state index in [1.807, 2.05) is 19.1 Å². The number of hydrogen-bond acceptors (Lipinski definition) is 1. The Labute approximate surface area is 88.4 Å². The highest BCUT2D eigenvalue weighted by Crippen LogP contribution is 2.26. The van der Waals surface area contributed by atoms with E-state index in [1.165, 1.54) is 5.56 Å². The molecular weight excluding hydrogens is 284 g/mol. The zero-order chi connectivity index (χ0) is 9.14. The molecule has 0 bridgehead atoms. The van der Waals surface area contributed by atoms with Crippen LogP contribution in [0.2, 0.25) is 0 Å². The highest BCUT2D eigenvalue weighted by molar-refractivity contribution is 9.11. The van der Waals surface area contributed by atoms with E-state index in [-0.39, 0.29) is 0 Å². The Bertz CT molecular complexity index is 284. The average Bonchev–Trinajstić information content (AvgIpc) is 1.96. The fourth-order valence-electron chi connectivity index (χ4n) is 1.01. The molecule has 0 aromatic heterocycles. The molecule has 0 atom stereocenters. The standard InChI is InChI=1S/C9H8Br2O/c1-6-4-8(10)7(2-3-12)9(11)5-6/h3-5H,2H2,1H3. The third-order valence-electron chi connectivity index (χ3n) is 1.57. The summed E-state index contributed by atoms with van der Waals surface area (Å²) in [6.07, 6.45) is 1.35. The van der Waals surface area contributed by atoms with Crippen molar-refractivity contribution in [3.8, 4) is 0 Å². The van der Waals surface area contributed by atoms with Crippen LogP contribution in [0.1, 0.15) is 11.1 Å². The predicted molar refractivity (Wildman–Crippen MR) is 56.3 cm³/mol. The van der Waals surface area contributed by atoms with Gasteiger partial charge in [0.2, 0.25) is 0 Å². The molecule has 0 saturated carbocycles. The number of carbonyl (C=O) groups excluding carboxylic acids is 1. The van der Waals surface area contributed by atoms with Gasteiger partial charge in [0.15, 0.2) is 0 Å². The molecule has 1 nitrogen and oxygen atoms in total. The van der Waals surface area contributed by atoms with Crippen LogP contribution in [0.5, 0.6) is 0 Å². The van der Waals surface area contributed by atoms with E-state index >= 15 is 0 Å². The van der Waals surface area contributed by atoms with E-state index < -0.39 is 0 Å². The molecule has 1 rings (SSSR count). The first-order valence-corrected chi connectivity index (χ1v) is 5.12. The van der Waals surface area contributed by atoms with Gasteiger partial charge in [-0.2, -0.15) is 0 Å². The second-order valence-electron chi connectivity index (χ2n) is 2.58. The van der Waals surface area contributed by atoms with Gasteiger partial charge < -0.3 is 4.79 Å². The van der Waals surface area contributed by atoms with Crippen molar-refractivity contribution in [2.45, 2.75) is 13.3 Å². The third kappa shape index (κ3) is 2.17. The maximum atomic E-state index is 10.3. The van der Waals surface area contributed by atoms with Gasteiger partial charge in [0.05, 0.1) is 0 Å². The Morgan fingerprint density at radius 1 is 1.33 bits per heavy atom. The lowest BCUT2D eigenvalue weighted by Crippen LogP contribution is -1.90. The van der Waals surface area contributed by atoms with Crippen molar-refractivity contribution >= 4 is 38.1 Å². The third-order valence-corrected chi connectivity index (χ3v) is 2.99. The molecule has 1 aromatic carbocycles. The number of halogens is 2. The molecule has 0 aliphatic rings. The largest absolute Gasteiger partial charge is 0.303 e. The molecule has 0 aliphatic heterocycles. The summed E-state index contributed by atoms with van der Waals surface area (Å²) in [6.45, 7) is 2.01. The first-order valence-electron chi connectivity index (χ1n) is 3.53. The van der Waals surface area contributed by atoms with Gasteiger partial charge in [-0.3, -0.25) is 0 Å². The number of benzene rings is 1. The molecule has 1 aromatic rings. The summed E-state index contributed by atoms with van der Waals surface area (Å²) in [5.41, 5.74) is 2.18. The molecule has 3 heteroatoms. The lowest BCUT2D eigenvalue weighted by Gasteiger charge is -2.04. The molecule has 0 saturated heterocycles. The molecule has 0 heterocycles. The number of hydrogen-bond donors (Lipinski definition) is 0. The summed E-state index contributed by atoms with van der Waals surface area (Å²) in [5, 5.41) is 0. The van der Waals surface area contributed by atoms with Crippen molar-refractivity contribution in [3.63, 3.8) is 0 Å². The molecule has 0 N–H and O–H groups in total. The zero-order valence-electron chi connectivity index (χ0n) is 6.60. The minimum Gasteiger partial charge on any atom is -0.303 e. The van der Waals surface area contributed by atoms with E-state index in [2.05, 4.69) is 31.9 Å². The van der Waals surface area contributed by atoms with Crippen molar-refractivity contribution in [2.75, 3.05) is 0 Å². The molecule has 0 fully saturated rings. The topological polar surface area (TPSA) is 17.1 Å². The maximum Gasteiger partial charge on any atom is 0.124 e. The van der Waals surface area contributed by atoms with Gasteiger partial charge in [0.25, 0.3) is 0 Å². The van der Waals surface area contributed by atoms with Crippen LogP contribution in [0.4, 0.5) is 0 Å². The summed E-state index contributed by atoms with van der Waals surface area (Å²) in [4.78, 5) is 10.3. The lowest BCUT2D eigenvalue weighted by molar-refractivity contribution is -0.107. The van der Waals surface area contributed by atoms with Crippen LogP contribution in [-0.4, -0.2) is 6.29 Å². The van der Waals surface area contributed by atoms with Crippen LogP contribution in [-0.2, 0) is 11.2 Å². The van der Waals surface area contributed by atoms with Gasteiger partial charge in [0.1, 0.15) is 6.29 Å². The first-order chi connectivity index (χ1) is 5.65. The minimum absolute atomic E-state index is 0.446. The van der Waals surface area contributed by atoms with Crippen LogP contribution in [0.25, 0.3) is 0 Å². The maximum absolute atomic E-state index is 10.3. The second-order valence-corrected chi connectivity index (χ2v) is 4.29. The average molecular weight is 292 g/mol. The molecule has 0 spiro atoms. The first kappa shape index (κ1) is 9.93. The Morgan fingerprint density at radius 2 is 1.83 bits per heavy atom. The SMILES string of the molecule is Cc1cc(Br)c(CC=O)c(Br)c1. The molecule has 12 heavy (non-hydrogen) atoms. The van der Waals surface area contributed by atoms with Crippen molar-refractivity contribution in [3.05, 3.63) is 32.2 Å². The molecule has 0 aliphatic carbocycles. The monoisotopic (exact) mass is 290 g/mol. The fourth-order valence-corrected chi connectivity index (χ4v) is 2.75. The molecule has 0 radical (unpaired) electrons. The van der Waals surface area contributed by atoms with Crippen LogP contribution in [0.3, 0.4) is 0 Å². The van der Waals surface area contributed by atoms with E-state index in [9.17, 15) is 4.79 Å². The van der Waals surface area contributed by atoms with E-state index in [1.54, 1.807) is 0 Å². The van der Waals surface area contributed by atoms with Crippen LogP contribution in [0.15, 0.2) is 21.1 Å². The molecule has 0 amide bonds. The van der Waals surface area contributed by atoms with Gasteiger partial charge in [-0.1, -0.05) is 31.9 Å². The van der Waals surface area contributed by atoms with E-state index in [0.29, 0.717) is 6.42 Å². The normalized spacial score (nSPS) is 9.92. The van der Waals surface area contributed by atoms with Gasteiger partial charge in [-0.15, -0.1) is 0 Å². The van der Waals surface area contributed by atoms with Gasteiger partial charge in [0, 0.05) is 15.4 Å². The summed E-state index contributed by atoms with van der Waals surface area (Å²) < 4.78 is 1.97. The van der Waals surface area contributed by atoms with E-state index in [4.69, 9.17) is 0 Å². The van der Waals surface area contributed by atoms with Crippen LogP contribution in [0, 0.1) is 6.92 Å². The Hall–Kier alpha value is -0.150. The number of aryl methyl sites for hydroxylation is 1. The quantitative estimate of drug-likeness (QED) is 0.765. The zero-order valence-corrected chi connectivity index (χ0v) is 9.78. The highest BCUT2D eigenvalue weighted by atomic mass is 79.9.